The number of methoxy groups -OCH3 is 1. The third-order valence-corrected chi connectivity index (χ3v) is 10.1. The number of hydrogen-bond acceptors (Lipinski definition) is 6. The number of unbranched alkanes of at least 4 members (excludes halogenated alkanes) is 30. The second-order valence-electron chi connectivity index (χ2n) is 15.3. The van der Waals surface area contributed by atoms with Crippen LogP contribution in [0.2, 0.25) is 0 Å². The van der Waals surface area contributed by atoms with Gasteiger partial charge in [0.2, 0.25) is 0 Å². The van der Waals surface area contributed by atoms with Gasteiger partial charge in [0, 0.05) is 26.9 Å². The third-order valence-electron chi connectivity index (χ3n) is 10.1. The van der Waals surface area contributed by atoms with Crippen LogP contribution in [-0.2, 0) is 23.7 Å². The van der Waals surface area contributed by atoms with Crippen molar-refractivity contribution in [1.29, 1.82) is 0 Å². The lowest BCUT2D eigenvalue weighted by molar-refractivity contribution is -0.0296. The average Bonchev–Trinajstić information content (AvgIpc) is 3.15. The molecular formula is C45H91NO6. The molecule has 0 aliphatic carbocycles. The van der Waals surface area contributed by atoms with E-state index < -0.39 is 12.2 Å². The molecule has 1 amide bonds. The number of carbonyl (C=O) groups is 1. The standard InChI is InChI=1S/C45H91NO6/c1-4-6-8-10-12-14-16-18-20-22-24-26-28-30-32-34-37-50-42-44(52-45(47)46-36-39-49-41-40-48-3)43-51-38-35-33-31-29-27-25-23-21-19-17-15-13-11-9-7-5-2/h44H,4-43H2,1-3H3,(H,46,47). The molecule has 0 aromatic carbocycles. The minimum Gasteiger partial charge on any atom is -0.441 e. The van der Waals surface area contributed by atoms with Gasteiger partial charge in [-0.1, -0.05) is 206 Å². The van der Waals surface area contributed by atoms with Crippen LogP contribution in [0.25, 0.3) is 0 Å². The Morgan fingerprint density at radius 1 is 0.404 bits per heavy atom. The summed E-state index contributed by atoms with van der Waals surface area (Å²) in [6.45, 7) is 8.59. The van der Waals surface area contributed by atoms with E-state index in [9.17, 15) is 4.79 Å². The molecule has 7 heteroatoms. The first-order valence-electron chi connectivity index (χ1n) is 22.9. The molecule has 0 aromatic rings. The second-order valence-corrected chi connectivity index (χ2v) is 15.3. The topological polar surface area (TPSA) is 75.3 Å². The third kappa shape index (κ3) is 43.5. The number of alkyl carbamates (subject to hydrolysis) is 1. The van der Waals surface area contributed by atoms with Gasteiger partial charge in [0.15, 0.2) is 6.10 Å². The van der Waals surface area contributed by atoms with E-state index in [1.807, 2.05) is 0 Å². The molecule has 0 fully saturated rings. The zero-order chi connectivity index (χ0) is 37.7. The number of ether oxygens (including phenoxy) is 5. The highest BCUT2D eigenvalue weighted by Gasteiger charge is 2.15. The molecule has 0 unspecified atom stereocenters. The summed E-state index contributed by atoms with van der Waals surface area (Å²) in [5, 5.41) is 2.77. The van der Waals surface area contributed by atoms with Gasteiger partial charge in [-0.2, -0.15) is 0 Å². The van der Waals surface area contributed by atoms with Gasteiger partial charge in [-0.15, -0.1) is 0 Å². The Kier molecular flexibility index (Phi) is 45.5. The summed E-state index contributed by atoms with van der Waals surface area (Å²) in [5.41, 5.74) is 0. The van der Waals surface area contributed by atoms with Crippen molar-refractivity contribution in [3.05, 3.63) is 0 Å². The summed E-state index contributed by atoms with van der Waals surface area (Å²) in [5.74, 6) is 0. The Morgan fingerprint density at radius 2 is 0.731 bits per heavy atom. The van der Waals surface area contributed by atoms with Gasteiger partial charge >= 0.3 is 6.09 Å². The lowest BCUT2D eigenvalue weighted by atomic mass is 10.0. The summed E-state index contributed by atoms with van der Waals surface area (Å²) in [6, 6.07) is 0. The van der Waals surface area contributed by atoms with E-state index >= 15 is 0 Å². The minimum absolute atomic E-state index is 0.370. The van der Waals surface area contributed by atoms with Crippen molar-refractivity contribution in [2.24, 2.45) is 0 Å². The fourth-order valence-corrected chi connectivity index (χ4v) is 6.71. The number of hydrogen-bond donors (Lipinski definition) is 1. The Hall–Kier alpha value is -0.890. The zero-order valence-electron chi connectivity index (χ0n) is 35.3. The molecule has 0 heterocycles. The van der Waals surface area contributed by atoms with Crippen LogP contribution in [0.15, 0.2) is 0 Å². The molecule has 0 aliphatic heterocycles. The molecule has 52 heavy (non-hydrogen) atoms. The van der Waals surface area contributed by atoms with Gasteiger partial charge in [-0.25, -0.2) is 4.79 Å². The lowest BCUT2D eigenvalue weighted by Crippen LogP contribution is -2.35. The van der Waals surface area contributed by atoms with Gasteiger partial charge in [0.05, 0.1) is 33.0 Å². The Bertz CT molecular complexity index is 626. The Balaban J connectivity index is 3.90. The van der Waals surface area contributed by atoms with Gasteiger partial charge < -0.3 is 29.0 Å². The van der Waals surface area contributed by atoms with Crippen LogP contribution < -0.4 is 5.32 Å². The van der Waals surface area contributed by atoms with E-state index in [2.05, 4.69) is 19.2 Å². The van der Waals surface area contributed by atoms with E-state index in [-0.39, 0.29) is 0 Å². The first-order chi connectivity index (χ1) is 25.7. The average molecular weight is 742 g/mol. The van der Waals surface area contributed by atoms with Crippen molar-refractivity contribution in [3.63, 3.8) is 0 Å². The lowest BCUT2D eigenvalue weighted by Gasteiger charge is -2.19. The molecule has 7 nitrogen and oxygen atoms in total. The number of nitrogens with one attached hydrogen (secondary N) is 1. The van der Waals surface area contributed by atoms with Crippen LogP contribution in [0.3, 0.4) is 0 Å². The molecule has 0 radical (unpaired) electrons. The first kappa shape index (κ1) is 51.1. The fourth-order valence-electron chi connectivity index (χ4n) is 6.71. The minimum atomic E-state index is -0.447. The molecular weight excluding hydrogens is 650 g/mol. The van der Waals surface area contributed by atoms with Gasteiger partial charge in [-0.3, -0.25) is 0 Å². The largest absolute Gasteiger partial charge is 0.441 e. The molecule has 0 aliphatic rings. The van der Waals surface area contributed by atoms with Crippen molar-refractivity contribution >= 4 is 6.09 Å². The fraction of sp³-hybridized carbons (Fsp3) is 0.978. The molecule has 1 N–H and O–H groups in total. The highest BCUT2D eigenvalue weighted by Crippen LogP contribution is 2.15. The van der Waals surface area contributed by atoms with Gasteiger partial charge in [0.25, 0.3) is 0 Å². The van der Waals surface area contributed by atoms with Crippen LogP contribution in [0.1, 0.15) is 219 Å². The van der Waals surface area contributed by atoms with E-state index in [0.29, 0.717) is 52.8 Å². The van der Waals surface area contributed by atoms with Crippen LogP contribution in [-0.4, -0.2) is 72.1 Å². The second kappa shape index (κ2) is 46.3. The summed E-state index contributed by atoms with van der Waals surface area (Å²) >= 11 is 0. The van der Waals surface area contributed by atoms with Crippen molar-refractivity contribution in [2.75, 3.05) is 59.9 Å². The van der Waals surface area contributed by atoms with Crippen LogP contribution in [0, 0.1) is 0 Å². The molecule has 0 spiro atoms. The zero-order valence-corrected chi connectivity index (χ0v) is 35.3. The van der Waals surface area contributed by atoms with E-state index in [4.69, 9.17) is 23.7 Å². The predicted molar refractivity (Wildman–Crippen MR) is 222 cm³/mol. The highest BCUT2D eigenvalue weighted by molar-refractivity contribution is 5.67. The quantitative estimate of drug-likeness (QED) is 0.0626. The number of amides is 1. The van der Waals surface area contributed by atoms with Gasteiger partial charge in [0.1, 0.15) is 0 Å². The maximum absolute atomic E-state index is 12.4. The highest BCUT2D eigenvalue weighted by atomic mass is 16.6. The normalized spacial score (nSPS) is 11.5. The molecule has 0 aromatic heterocycles. The van der Waals surface area contributed by atoms with Crippen molar-refractivity contribution < 1.29 is 28.5 Å². The smallest absolute Gasteiger partial charge is 0.407 e. The Labute approximate surface area is 324 Å². The maximum Gasteiger partial charge on any atom is 0.407 e. The molecule has 0 rings (SSSR count). The van der Waals surface area contributed by atoms with Gasteiger partial charge in [-0.05, 0) is 12.8 Å². The first-order valence-corrected chi connectivity index (χ1v) is 22.9. The number of carbonyl (C=O) groups excluding carboxylic acids is 1. The van der Waals surface area contributed by atoms with E-state index in [1.165, 1.54) is 193 Å². The summed E-state index contributed by atoms with van der Waals surface area (Å²) < 4.78 is 28.0. The molecule has 0 atom stereocenters. The summed E-state index contributed by atoms with van der Waals surface area (Å²) in [7, 11) is 1.64. The Morgan fingerprint density at radius 3 is 1.06 bits per heavy atom. The predicted octanol–water partition coefficient (Wildman–Crippen LogP) is 13.3. The van der Waals surface area contributed by atoms with E-state index in [1.54, 1.807) is 7.11 Å². The SMILES string of the molecule is CCCCCCCCCCCCCCCCCCOCC(COCCCCCCCCCCCCCCCCCC)OC(=O)NCCOCCOC. The monoisotopic (exact) mass is 742 g/mol. The molecule has 0 bridgehead atoms. The van der Waals surface area contributed by atoms with Crippen molar-refractivity contribution in [3.8, 4) is 0 Å². The van der Waals surface area contributed by atoms with Crippen molar-refractivity contribution in [1.82, 2.24) is 5.32 Å². The summed E-state index contributed by atoms with van der Waals surface area (Å²) in [6.07, 6.45) is 42.6. The number of rotatable bonds is 45. The van der Waals surface area contributed by atoms with Crippen LogP contribution >= 0.6 is 0 Å². The van der Waals surface area contributed by atoms with Crippen molar-refractivity contribution in [2.45, 2.75) is 225 Å². The van der Waals surface area contributed by atoms with E-state index in [0.717, 1.165) is 12.8 Å². The van der Waals surface area contributed by atoms with Crippen LogP contribution in [0.4, 0.5) is 4.79 Å². The molecule has 0 saturated carbocycles. The molecule has 312 valence electrons. The molecule has 0 saturated heterocycles. The summed E-state index contributed by atoms with van der Waals surface area (Å²) in [4.78, 5) is 12.4. The van der Waals surface area contributed by atoms with Crippen LogP contribution in [0.5, 0.6) is 0 Å². The maximum atomic E-state index is 12.4.